The van der Waals surface area contributed by atoms with Gasteiger partial charge < -0.3 is 38.8 Å². The van der Waals surface area contributed by atoms with Crippen LogP contribution in [0.3, 0.4) is 0 Å². The number of ether oxygens (including phenoxy) is 4. The number of aliphatic hydroxyl groups is 1. The van der Waals surface area contributed by atoms with E-state index < -0.39 is 54.2 Å². The van der Waals surface area contributed by atoms with Gasteiger partial charge in [-0.2, -0.15) is 5.01 Å². The SMILES string of the molecule is CC(=O)N1CC(OC(=O)OC2=C3C(=O)N4CCOCC4N(C4c5ccccc5N5CCOCC5c5c4ccc(F)c5F)N3C=CC2O)C1. The Balaban J connectivity index is 1.26. The summed E-state index contributed by atoms with van der Waals surface area (Å²) < 4.78 is 53.7. The van der Waals surface area contributed by atoms with Crippen molar-refractivity contribution in [3.63, 3.8) is 0 Å². The predicted molar refractivity (Wildman–Crippen MR) is 161 cm³/mol. The monoisotopic (exact) mass is 665 g/mol. The number of para-hydroxylation sites is 1. The van der Waals surface area contributed by atoms with Crippen molar-refractivity contribution in [3.05, 3.63) is 88.5 Å². The second-order valence-electron chi connectivity index (χ2n) is 12.4. The minimum absolute atomic E-state index is 0.0897. The first-order valence-corrected chi connectivity index (χ1v) is 15.8. The number of hydrogen-bond donors (Lipinski definition) is 1. The standard InChI is InChI=1S/C33H33F2N5O8/c1-18(41)36-14-19(15-36)47-33(44)48-31-25(42)8-9-39-30(31)32(43)38-11-13-46-17-26(38)40(39)29-20-4-2-3-5-23(20)37-10-12-45-16-24(37)27-21(29)6-7-22(34)28(27)35/h2-9,19,24-26,29,42H,10-17H2,1H3. The van der Waals surface area contributed by atoms with Gasteiger partial charge in [-0.25, -0.2) is 13.6 Å². The molecule has 252 valence electrons. The average molecular weight is 666 g/mol. The third-order valence-electron chi connectivity index (χ3n) is 9.74. The molecule has 1 N–H and O–H groups in total. The van der Waals surface area contributed by atoms with Crippen molar-refractivity contribution < 1.29 is 47.2 Å². The van der Waals surface area contributed by atoms with Crippen LogP contribution in [-0.2, 0) is 28.5 Å². The zero-order chi connectivity index (χ0) is 33.3. The predicted octanol–water partition coefficient (Wildman–Crippen LogP) is 2.15. The van der Waals surface area contributed by atoms with Gasteiger partial charge in [0.15, 0.2) is 23.1 Å². The van der Waals surface area contributed by atoms with Crippen LogP contribution in [0.5, 0.6) is 0 Å². The number of hydrogen-bond acceptors (Lipinski definition) is 11. The maximum atomic E-state index is 16.1. The molecule has 48 heavy (non-hydrogen) atoms. The third-order valence-corrected chi connectivity index (χ3v) is 9.74. The van der Waals surface area contributed by atoms with E-state index in [0.29, 0.717) is 18.7 Å². The highest BCUT2D eigenvalue weighted by atomic mass is 19.2. The highest BCUT2D eigenvalue weighted by Crippen LogP contribution is 2.50. The maximum absolute atomic E-state index is 16.1. The largest absolute Gasteiger partial charge is 0.514 e. The molecule has 0 spiro atoms. The molecule has 0 radical (unpaired) electrons. The van der Waals surface area contributed by atoms with Gasteiger partial charge in [0, 0.05) is 37.5 Å². The van der Waals surface area contributed by atoms with Crippen LogP contribution in [0, 0.1) is 11.6 Å². The number of morpholine rings is 2. The summed E-state index contributed by atoms with van der Waals surface area (Å²) in [6, 6.07) is 8.79. The Hall–Kier alpha value is -4.57. The lowest BCUT2D eigenvalue weighted by atomic mass is 9.90. The first-order valence-electron chi connectivity index (χ1n) is 15.8. The van der Waals surface area contributed by atoms with Crippen molar-refractivity contribution in [1.82, 2.24) is 19.8 Å². The first kappa shape index (κ1) is 30.7. The molecule has 6 heterocycles. The Morgan fingerprint density at radius 1 is 0.979 bits per heavy atom. The molecule has 2 amide bonds. The fraction of sp³-hybridized carbons (Fsp3) is 0.424. The molecule has 4 unspecified atom stereocenters. The van der Waals surface area contributed by atoms with Crippen LogP contribution in [0.4, 0.5) is 19.3 Å². The van der Waals surface area contributed by atoms with Crippen molar-refractivity contribution in [3.8, 4) is 0 Å². The van der Waals surface area contributed by atoms with E-state index in [9.17, 15) is 19.5 Å². The molecule has 0 bridgehead atoms. The summed E-state index contributed by atoms with van der Waals surface area (Å²) in [5.41, 5.74) is 2.02. The Labute approximate surface area is 274 Å². The fourth-order valence-corrected chi connectivity index (χ4v) is 7.45. The summed E-state index contributed by atoms with van der Waals surface area (Å²) in [5, 5.41) is 14.4. The number of aliphatic hydroxyl groups excluding tert-OH is 1. The van der Waals surface area contributed by atoms with Crippen LogP contribution in [0.15, 0.2) is 60.1 Å². The normalized spacial score (nSPS) is 26.9. The van der Waals surface area contributed by atoms with E-state index in [4.69, 9.17) is 18.9 Å². The molecule has 6 aliphatic rings. The number of carbonyl (C=O) groups excluding carboxylic acids is 3. The minimum atomic E-state index is -1.48. The lowest BCUT2D eigenvalue weighted by Crippen LogP contribution is -2.68. The number of rotatable bonds is 3. The van der Waals surface area contributed by atoms with Crippen molar-refractivity contribution in [2.45, 2.75) is 37.4 Å². The number of hydrazine groups is 1. The third kappa shape index (κ3) is 4.83. The molecule has 4 atom stereocenters. The molecule has 8 rings (SSSR count). The van der Waals surface area contributed by atoms with Crippen molar-refractivity contribution in [2.24, 2.45) is 0 Å². The van der Waals surface area contributed by atoms with E-state index in [1.54, 1.807) is 11.0 Å². The second kappa shape index (κ2) is 11.8. The van der Waals surface area contributed by atoms with Gasteiger partial charge >= 0.3 is 6.16 Å². The fourth-order valence-electron chi connectivity index (χ4n) is 7.45. The molecule has 0 aromatic heterocycles. The van der Waals surface area contributed by atoms with Gasteiger partial charge in [-0.05, 0) is 29.3 Å². The molecule has 4 fully saturated rings. The topological polar surface area (TPSA) is 125 Å². The summed E-state index contributed by atoms with van der Waals surface area (Å²) in [5.74, 6) is -2.99. The number of anilines is 1. The first-order chi connectivity index (χ1) is 23.2. The van der Waals surface area contributed by atoms with Gasteiger partial charge in [0.25, 0.3) is 5.91 Å². The summed E-state index contributed by atoms with van der Waals surface area (Å²) in [4.78, 5) is 43.9. The van der Waals surface area contributed by atoms with E-state index >= 15 is 8.78 Å². The highest BCUT2D eigenvalue weighted by molar-refractivity contribution is 5.95. The van der Waals surface area contributed by atoms with E-state index in [1.807, 2.05) is 34.2 Å². The van der Waals surface area contributed by atoms with Gasteiger partial charge in [0.1, 0.15) is 18.4 Å². The Kier molecular flexibility index (Phi) is 7.58. The zero-order valence-corrected chi connectivity index (χ0v) is 26.0. The number of carbonyl (C=O) groups is 3. The lowest BCUT2D eigenvalue weighted by molar-refractivity contribution is -0.190. The molecular formula is C33H33F2N5O8. The number of benzene rings is 2. The van der Waals surface area contributed by atoms with E-state index in [1.165, 1.54) is 29.1 Å². The van der Waals surface area contributed by atoms with Crippen LogP contribution in [-0.4, -0.2) is 114 Å². The van der Waals surface area contributed by atoms with Crippen LogP contribution in [0.2, 0.25) is 0 Å². The second-order valence-corrected chi connectivity index (χ2v) is 12.4. The summed E-state index contributed by atoms with van der Waals surface area (Å²) in [7, 11) is 0. The smallest absolute Gasteiger partial charge is 0.427 e. The van der Waals surface area contributed by atoms with Crippen molar-refractivity contribution in [1.29, 1.82) is 0 Å². The van der Waals surface area contributed by atoms with Crippen LogP contribution < -0.4 is 4.90 Å². The Morgan fingerprint density at radius 3 is 2.52 bits per heavy atom. The number of halogens is 2. The van der Waals surface area contributed by atoms with Gasteiger partial charge in [-0.1, -0.05) is 24.3 Å². The molecular weight excluding hydrogens is 632 g/mol. The number of nitrogens with zero attached hydrogens (tertiary/aromatic N) is 5. The molecule has 0 saturated carbocycles. The van der Waals surface area contributed by atoms with E-state index in [0.717, 1.165) is 17.3 Å². The quantitative estimate of drug-likeness (QED) is 0.485. The number of amides is 2. The van der Waals surface area contributed by atoms with E-state index in [2.05, 4.69) is 0 Å². The summed E-state index contributed by atoms with van der Waals surface area (Å²) in [6.07, 6.45) is -1.07. The van der Waals surface area contributed by atoms with Crippen LogP contribution in [0.1, 0.15) is 35.7 Å². The number of fused-ring (bicyclic) bond motifs is 7. The molecule has 0 aliphatic carbocycles. The van der Waals surface area contributed by atoms with Gasteiger partial charge in [0.05, 0.1) is 51.6 Å². The highest BCUT2D eigenvalue weighted by Gasteiger charge is 2.52. The lowest BCUT2D eigenvalue weighted by Gasteiger charge is -2.55. The molecule has 2 aromatic carbocycles. The molecule has 13 nitrogen and oxygen atoms in total. The Morgan fingerprint density at radius 2 is 1.73 bits per heavy atom. The zero-order valence-electron chi connectivity index (χ0n) is 26.0. The number of likely N-dealkylation sites (tertiary alicyclic amines) is 1. The minimum Gasteiger partial charge on any atom is -0.427 e. The van der Waals surface area contributed by atoms with Gasteiger partial charge in [0.2, 0.25) is 5.91 Å². The van der Waals surface area contributed by atoms with Crippen molar-refractivity contribution in [2.75, 3.05) is 57.5 Å². The van der Waals surface area contributed by atoms with Gasteiger partial charge in [-0.15, -0.1) is 0 Å². The summed E-state index contributed by atoms with van der Waals surface area (Å²) >= 11 is 0. The van der Waals surface area contributed by atoms with Crippen LogP contribution in [0.25, 0.3) is 0 Å². The molecule has 15 heteroatoms. The molecule has 4 saturated heterocycles. The van der Waals surface area contributed by atoms with Gasteiger partial charge in [-0.3, -0.25) is 14.6 Å². The van der Waals surface area contributed by atoms with Crippen molar-refractivity contribution >= 4 is 23.7 Å². The molecule has 6 aliphatic heterocycles. The average Bonchev–Trinajstić information content (AvgIpc) is 3.19. The Bertz CT molecular complexity index is 1750. The van der Waals surface area contributed by atoms with E-state index in [-0.39, 0.29) is 62.4 Å². The van der Waals surface area contributed by atoms with Crippen LogP contribution >= 0.6 is 0 Å². The molecule has 2 aromatic rings. The maximum Gasteiger partial charge on any atom is 0.514 e. The summed E-state index contributed by atoms with van der Waals surface area (Å²) in [6.45, 7) is 3.29.